The van der Waals surface area contributed by atoms with Crippen LogP contribution in [0.15, 0.2) is 33.2 Å². The summed E-state index contributed by atoms with van der Waals surface area (Å²) in [6, 6.07) is 8.26. The van der Waals surface area contributed by atoms with E-state index in [4.69, 9.17) is 4.42 Å². The fourth-order valence-corrected chi connectivity index (χ4v) is 2.08. The van der Waals surface area contributed by atoms with Crippen LogP contribution in [0.3, 0.4) is 0 Å². The van der Waals surface area contributed by atoms with Gasteiger partial charge in [0.1, 0.15) is 11.3 Å². The molecule has 1 aromatic heterocycles. The Balaban J connectivity index is 2.32. The minimum absolute atomic E-state index is 0.168. The minimum atomic E-state index is 0.168. The van der Waals surface area contributed by atoms with Crippen molar-refractivity contribution in [3.05, 3.63) is 34.5 Å². The summed E-state index contributed by atoms with van der Waals surface area (Å²) in [4.78, 5) is 0. The first kappa shape index (κ1) is 11.6. The van der Waals surface area contributed by atoms with Gasteiger partial charge in [-0.1, -0.05) is 15.9 Å². The van der Waals surface area contributed by atoms with Gasteiger partial charge < -0.3 is 4.42 Å². The number of fused-ring (bicyclic) bond motifs is 1. The number of furan rings is 1. The Morgan fingerprint density at radius 1 is 1.31 bits per heavy atom. The molecule has 0 amide bonds. The number of rotatable bonds is 3. The Morgan fingerprint density at radius 3 is 2.75 bits per heavy atom. The smallest absolute Gasteiger partial charge is 0.134 e. The molecule has 4 heteroatoms. The molecule has 1 atom stereocenters. The van der Waals surface area contributed by atoms with Crippen LogP contribution in [0.2, 0.25) is 0 Å². The zero-order valence-corrected chi connectivity index (χ0v) is 11.2. The maximum Gasteiger partial charge on any atom is 0.134 e. The standard InChI is InChI=1S/C12H15BrN2O/c1-8(14-15(2)3)12-7-9-6-10(13)4-5-11(9)16-12/h4-8,14H,1-3H3. The van der Waals surface area contributed by atoms with Crippen molar-refractivity contribution in [1.29, 1.82) is 0 Å². The number of nitrogens with zero attached hydrogens (tertiary/aromatic N) is 1. The molecule has 0 bridgehead atoms. The fraction of sp³-hybridized carbons (Fsp3) is 0.333. The van der Waals surface area contributed by atoms with E-state index >= 15 is 0 Å². The zero-order chi connectivity index (χ0) is 11.7. The van der Waals surface area contributed by atoms with E-state index in [1.165, 1.54) is 0 Å². The Morgan fingerprint density at radius 2 is 2.06 bits per heavy atom. The second kappa shape index (κ2) is 4.57. The van der Waals surface area contributed by atoms with Crippen LogP contribution in [0.25, 0.3) is 11.0 Å². The van der Waals surface area contributed by atoms with Crippen molar-refractivity contribution < 1.29 is 4.42 Å². The van der Waals surface area contributed by atoms with E-state index in [2.05, 4.69) is 40.4 Å². The molecule has 0 saturated heterocycles. The third-order valence-electron chi connectivity index (χ3n) is 2.38. The molecule has 2 aromatic rings. The second-order valence-corrected chi connectivity index (χ2v) is 4.99. The van der Waals surface area contributed by atoms with E-state index in [9.17, 15) is 0 Å². The molecule has 0 aliphatic rings. The molecule has 16 heavy (non-hydrogen) atoms. The lowest BCUT2D eigenvalue weighted by atomic mass is 10.2. The van der Waals surface area contributed by atoms with E-state index in [0.29, 0.717) is 0 Å². The summed E-state index contributed by atoms with van der Waals surface area (Å²) in [5.41, 5.74) is 4.18. The quantitative estimate of drug-likeness (QED) is 0.876. The SMILES string of the molecule is CC(NN(C)C)c1cc2cc(Br)ccc2o1. The van der Waals surface area contributed by atoms with Crippen molar-refractivity contribution in [2.45, 2.75) is 13.0 Å². The van der Waals surface area contributed by atoms with Gasteiger partial charge in [-0.15, -0.1) is 0 Å². The lowest BCUT2D eigenvalue weighted by Gasteiger charge is -2.16. The Hall–Kier alpha value is -0.840. The average Bonchev–Trinajstić information content (AvgIpc) is 2.59. The van der Waals surface area contributed by atoms with Gasteiger partial charge in [0, 0.05) is 24.0 Å². The van der Waals surface area contributed by atoms with E-state index < -0.39 is 0 Å². The number of hydrogen-bond acceptors (Lipinski definition) is 3. The normalized spacial score (nSPS) is 13.6. The average molecular weight is 283 g/mol. The molecule has 1 unspecified atom stereocenters. The molecular formula is C12H15BrN2O. The van der Waals surface area contributed by atoms with Crippen LogP contribution in [0.1, 0.15) is 18.7 Å². The Bertz CT molecular complexity index is 493. The number of nitrogens with one attached hydrogen (secondary N) is 1. The van der Waals surface area contributed by atoms with Crippen LogP contribution < -0.4 is 5.43 Å². The maximum absolute atomic E-state index is 5.78. The summed E-state index contributed by atoms with van der Waals surface area (Å²) in [7, 11) is 3.94. The first-order valence-electron chi connectivity index (χ1n) is 5.19. The first-order valence-corrected chi connectivity index (χ1v) is 5.98. The van der Waals surface area contributed by atoms with Crippen molar-refractivity contribution in [3.63, 3.8) is 0 Å². The molecule has 3 nitrogen and oxygen atoms in total. The lowest BCUT2D eigenvalue weighted by molar-refractivity contribution is 0.236. The lowest BCUT2D eigenvalue weighted by Crippen LogP contribution is -2.32. The van der Waals surface area contributed by atoms with E-state index in [0.717, 1.165) is 21.2 Å². The molecular weight excluding hydrogens is 268 g/mol. The van der Waals surface area contributed by atoms with Crippen molar-refractivity contribution in [1.82, 2.24) is 10.4 Å². The van der Waals surface area contributed by atoms with Crippen molar-refractivity contribution in [2.24, 2.45) is 0 Å². The molecule has 0 radical (unpaired) electrons. The van der Waals surface area contributed by atoms with Gasteiger partial charge in [0.05, 0.1) is 6.04 Å². The molecule has 1 N–H and O–H groups in total. The predicted octanol–water partition coefficient (Wildman–Crippen LogP) is 3.32. The highest BCUT2D eigenvalue weighted by molar-refractivity contribution is 9.10. The summed E-state index contributed by atoms with van der Waals surface area (Å²) in [5.74, 6) is 0.946. The van der Waals surface area contributed by atoms with Crippen LogP contribution in [0.5, 0.6) is 0 Å². The molecule has 1 aromatic carbocycles. The summed E-state index contributed by atoms with van der Waals surface area (Å²) in [5, 5.41) is 3.05. The number of benzene rings is 1. The minimum Gasteiger partial charge on any atom is -0.459 e. The van der Waals surface area contributed by atoms with Crippen LogP contribution in [0.4, 0.5) is 0 Å². The Labute approximate surface area is 104 Å². The number of halogens is 1. The van der Waals surface area contributed by atoms with Crippen molar-refractivity contribution in [2.75, 3.05) is 14.1 Å². The molecule has 0 aliphatic carbocycles. The maximum atomic E-state index is 5.78. The molecule has 86 valence electrons. The van der Waals surface area contributed by atoms with E-state index in [-0.39, 0.29) is 6.04 Å². The second-order valence-electron chi connectivity index (χ2n) is 4.08. The number of hydrazine groups is 1. The first-order chi connectivity index (χ1) is 7.56. The van der Waals surface area contributed by atoms with Gasteiger partial charge in [-0.05, 0) is 31.2 Å². The third-order valence-corrected chi connectivity index (χ3v) is 2.87. The van der Waals surface area contributed by atoms with E-state index in [1.54, 1.807) is 0 Å². The monoisotopic (exact) mass is 282 g/mol. The van der Waals surface area contributed by atoms with Crippen LogP contribution in [-0.2, 0) is 0 Å². The van der Waals surface area contributed by atoms with Crippen molar-refractivity contribution >= 4 is 26.9 Å². The van der Waals surface area contributed by atoms with Crippen LogP contribution >= 0.6 is 15.9 Å². The zero-order valence-electron chi connectivity index (χ0n) is 9.62. The van der Waals surface area contributed by atoms with Crippen LogP contribution in [-0.4, -0.2) is 19.1 Å². The van der Waals surface area contributed by atoms with Gasteiger partial charge in [-0.25, -0.2) is 10.4 Å². The van der Waals surface area contributed by atoms with Gasteiger partial charge in [0.15, 0.2) is 0 Å². The van der Waals surface area contributed by atoms with E-state index in [1.807, 2.05) is 31.2 Å². The highest BCUT2D eigenvalue weighted by Gasteiger charge is 2.11. The highest BCUT2D eigenvalue weighted by Crippen LogP contribution is 2.26. The molecule has 0 saturated carbocycles. The topological polar surface area (TPSA) is 28.4 Å². The fourth-order valence-electron chi connectivity index (χ4n) is 1.70. The summed E-state index contributed by atoms with van der Waals surface area (Å²) in [6.07, 6.45) is 0. The van der Waals surface area contributed by atoms with Crippen molar-refractivity contribution in [3.8, 4) is 0 Å². The number of hydrogen-bond donors (Lipinski definition) is 1. The Kier molecular flexibility index (Phi) is 3.33. The predicted molar refractivity (Wildman–Crippen MR) is 69.2 cm³/mol. The van der Waals surface area contributed by atoms with Gasteiger partial charge in [0.2, 0.25) is 0 Å². The van der Waals surface area contributed by atoms with Gasteiger partial charge in [-0.3, -0.25) is 0 Å². The molecule has 1 heterocycles. The highest BCUT2D eigenvalue weighted by atomic mass is 79.9. The molecule has 2 rings (SSSR count). The van der Waals surface area contributed by atoms with Gasteiger partial charge in [-0.2, -0.15) is 0 Å². The largest absolute Gasteiger partial charge is 0.459 e. The third kappa shape index (κ3) is 2.45. The summed E-state index contributed by atoms with van der Waals surface area (Å²) in [6.45, 7) is 2.08. The van der Waals surface area contributed by atoms with Gasteiger partial charge >= 0.3 is 0 Å². The summed E-state index contributed by atoms with van der Waals surface area (Å²) >= 11 is 3.45. The van der Waals surface area contributed by atoms with Gasteiger partial charge in [0.25, 0.3) is 0 Å². The molecule has 0 fully saturated rings. The molecule has 0 aliphatic heterocycles. The molecule has 0 spiro atoms. The van der Waals surface area contributed by atoms with Crippen LogP contribution in [0, 0.1) is 0 Å². The summed E-state index contributed by atoms with van der Waals surface area (Å²) < 4.78 is 6.85.